The van der Waals surface area contributed by atoms with E-state index in [2.05, 4.69) is 15.5 Å². The Morgan fingerprint density at radius 1 is 1.26 bits per heavy atom. The average molecular weight is 383 g/mol. The van der Waals surface area contributed by atoms with Gasteiger partial charge >= 0.3 is 0 Å². The van der Waals surface area contributed by atoms with Crippen LogP contribution in [0.15, 0.2) is 48.7 Å². The zero-order chi connectivity index (χ0) is 19.0. The molecule has 3 aromatic rings. The molecule has 4 rings (SSSR count). The highest BCUT2D eigenvalue weighted by atomic mass is 35.5. The highest BCUT2D eigenvalue weighted by Gasteiger charge is 2.31. The Labute approximate surface area is 161 Å². The van der Waals surface area contributed by atoms with Gasteiger partial charge in [-0.15, -0.1) is 0 Å². The molecular weight excluding hydrogens is 364 g/mol. The van der Waals surface area contributed by atoms with E-state index in [9.17, 15) is 9.90 Å². The van der Waals surface area contributed by atoms with Gasteiger partial charge in [-0.05, 0) is 42.3 Å². The molecule has 138 valence electrons. The van der Waals surface area contributed by atoms with Crippen molar-refractivity contribution in [1.82, 2.24) is 15.1 Å². The fourth-order valence-corrected chi connectivity index (χ4v) is 3.63. The molecule has 1 aliphatic heterocycles. The molecule has 1 unspecified atom stereocenters. The van der Waals surface area contributed by atoms with Crippen molar-refractivity contribution >= 4 is 23.2 Å². The van der Waals surface area contributed by atoms with Gasteiger partial charge in [0.2, 0.25) is 0 Å². The Morgan fingerprint density at radius 3 is 2.81 bits per heavy atom. The molecule has 0 spiro atoms. The van der Waals surface area contributed by atoms with Crippen LogP contribution in [0.3, 0.4) is 0 Å². The summed E-state index contributed by atoms with van der Waals surface area (Å²) in [4.78, 5) is 14.7. The second-order valence-corrected chi connectivity index (χ2v) is 6.97. The summed E-state index contributed by atoms with van der Waals surface area (Å²) in [7, 11) is 0. The van der Waals surface area contributed by atoms with Crippen molar-refractivity contribution in [2.75, 3.05) is 18.6 Å². The first-order valence-corrected chi connectivity index (χ1v) is 9.02. The Morgan fingerprint density at radius 2 is 2.11 bits per heavy atom. The Hall–Kier alpha value is -2.83. The molecule has 27 heavy (non-hydrogen) atoms. The first-order valence-electron chi connectivity index (χ1n) is 8.64. The van der Waals surface area contributed by atoms with Gasteiger partial charge in [-0.2, -0.15) is 5.10 Å². The van der Waals surface area contributed by atoms with Gasteiger partial charge in [-0.3, -0.25) is 9.89 Å². The van der Waals surface area contributed by atoms with E-state index in [0.717, 1.165) is 28.1 Å². The first kappa shape index (κ1) is 17.6. The number of nitrogens with one attached hydrogen (secondary N) is 2. The molecule has 0 saturated heterocycles. The van der Waals surface area contributed by atoms with E-state index in [1.54, 1.807) is 23.2 Å². The molecule has 0 saturated carbocycles. The Balaban J connectivity index is 1.66. The minimum Gasteiger partial charge on any atom is -0.394 e. The smallest absolute Gasteiger partial charge is 0.257 e. The summed E-state index contributed by atoms with van der Waals surface area (Å²) in [6.45, 7) is 2.08. The molecule has 0 radical (unpaired) electrons. The lowest BCUT2D eigenvalue weighted by atomic mass is 9.99. The summed E-state index contributed by atoms with van der Waals surface area (Å²) in [5.41, 5.74) is 5.11. The summed E-state index contributed by atoms with van der Waals surface area (Å²) >= 11 is 6.07. The van der Waals surface area contributed by atoms with Gasteiger partial charge in [0.1, 0.15) is 0 Å². The molecule has 1 aromatic heterocycles. The fourth-order valence-electron chi connectivity index (χ4n) is 3.43. The van der Waals surface area contributed by atoms with Gasteiger partial charge in [-0.25, -0.2) is 0 Å². The lowest BCUT2D eigenvalue weighted by Gasteiger charge is -2.35. The van der Waals surface area contributed by atoms with Crippen molar-refractivity contribution in [2.24, 2.45) is 0 Å². The number of aromatic amines is 1. The molecule has 3 N–H and O–H groups in total. The predicted octanol–water partition coefficient (Wildman–Crippen LogP) is 3.60. The maximum Gasteiger partial charge on any atom is 0.257 e. The number of H-pyrrole nitrogens is 1. The standard InChI is InChI=1S/C20H19ClN4O2/c1-12-17(9-23-24-12)13-5-6-16-18(8-13)22-11-25(20(16)27)19(10-26)14-3-2-4-15(21)7-14/h2-9,19,22,26H,10-11H2,1H3,(H,23,24). The van der Waals surface area contributed by atoms with E-state index in [0.29, 0.717) is 17.3 Å². The number of aliphatic hydroxyl groups excluding tert-OH is 1. The molecule has 0 fully saturated rings. The number of benzene rings is 2. The Bertz CT molecular complexity index is 1000. The Kier molecular flexibility index (Phi) is 4.59. The van der Waals surface area contributed by atoms with E-state index in [4.69, 9.17) is 11.6 Å². The van der Waals surface area contributed by atoms with Crippen molar-refractivity contribution in [3.05, 3.63) is 70.5 Å². The van der Waals surface area contributed by atoms with Crippen LogP contribution in [-0.2, 0) is 0 Å². The van der Waals surface area contributed by atoms with E-state index in [1.807, 2.05) is 37.3 Å². The van der Waals surface area contributed by atoms with E-state index in [1.165, 1.54) is 0 Å². The minimum absolute atomic E-state index is 0.127. The SMILES string of the molecule is Cc1[nH]ncc1-c1ccc2c(c1)NCN(C(CO)c1cccc(Cl)c1)C2=O. The molecule has 1 aliphatic rings. The molecule has 1 atom stereocenters. The number of carbonyl (C=O) groups is 1. The number of fused-ring (bicyclic) bond motifs is 1. The van der Waals surface area contributed by atoms with Crippen LogP contribution < -0.4 is 5.32 Å². The number of anilines is 1. The molecule has 0 bridgehead atoms. The van der Waals surface area contributed by atoms with Crippen molar-refractivity contribution in [1.29, 1.82) is 0 Å². The molecule has 7 heteroatoms. The zero-order valence-corrected chi connectivity index (χ0v) is 15.5. The fraction of sp³-hybridized carbons (Fsp3) is 0.200. The summed E-state index contributed by atoms with van der Waals surface area (Å²) in [5, 5.41) is 20.8. The van der Waals surface area contributed by atoms with Crippen LogP contribution in [0.1, 0.15) is 27.7 Å². The van der Waals surface area contributed by atoms with Gasteiger partial charge in [0.05, 0.1) is 31.1 Å². The summed E-state index contributed by atoms with van der Waals surface area (Å²) in [6, 6.07) is 12.4. The third-order valence-electron chi connectivity index (χ3n) is 4.87. The van der Waals surface area contributed by atoms with Crippen molar-refractivity contribution in [3.63, 3.8) is 0 Å². The quantitative estimate of drug-likeness (QED) is 0.644. The van der Waals surface area contributed by atoms with Crippen LogP contribution in [0, 0.1) is 6.92 Å². The van der Waals surface area contributed by atoms with E-state index < -0.39 is 6.04 Å². The number of aromatic nitrogens is 2. The van der Waals surface area contributed by atoms with Gasteiger partial charge < -0.3 is 15.3 Å². The highest BCUT2D eigenvalue weighted by molar-refractivity contribution is 6.30. The van der Waals surface area contributed by atoms with Crippen LogP contribution >= 0.6 is 11.6 Å². The number of carbonyl (C=O) groups excluding carboxylic acids is 1. The van der Waals surface area contributed by atoms with E-state index in [-0.39, 0.29) is 12.5 Å². The molecule has 2 aromatic carbocycles. The third-order valence-corrected chi connectivity index (χ3v) is 5.11. The summed E-state index contributed by atoms with van der Waals surface area (Å²) in [6.07, 6.45) is 1.77. The van der Waals surface area contributed by atoms with Crippen LogP contribution in [0.2, 0.25) is 5.02 Å². The van der Waals surface area contributed by atoms with Gasteiger partial charge in [-0.1, -0.05) is 29.8 Å². The zero-order valence-electron chi connectivity index (χ0n) is 14.7. The molecule has 0 aliphatic carbocycles. The largest absolute Gasteiger partial charge is 0.394 e. The molecule has 6 nitrogen and oxygen atoms in total. The predicted molar refractivity (Wildman–Crippen MR) is 105 cm³/mol. The average Bonchev–Trinajstić information content (AvgIpc) is 3.10. The maximum atomic E-state index is 13.1. The lowest BCUT2D eigenvalue weighted by Crippen LogP contribution is -2.43. The van der Waals surface area contributed by atoms with Crippen LogP contribution in [-0.4, -0.2) is 39.4 Å². The number of halogens is 1. The minimum atomic E-state index is -0.465. The van der Waals surface area contributed by atoms with Crippen LogP contribution in [0.25, 0.3) is 11.1 Å². The third kappa shape index (κ3) is 3.18. The summed E-state index contributed by atoms with van der Waals surface area (Å²) in [5.74, 6) is -0.127. The number of hydrogen-bond acceptors (Lipinski definition) is 4. The maximum absolute atomic E-state index is 13.1. The van der Waals surface area contributed by atoms with Gasteiger partial charge in [0.25, 0.3) is 5.91 Å². The second kappa shape index (κ2) is 7.06. The van der Waals surface area contributed by atoms with Crippen molar-refractivity contribution in [2.45, 2.75) is 13.0 Å². The number of aryl methyl sites for hydroxylation is 1. The second-order valence-electron chi connectivity index (χ2n) is 6.53. The van der Waals surface area contributed by atoms with Gasteiger partial charge in [0, 0.05) is 22.0 Å². The van der Waals surface area contributed by atoms with Crippen LogP contribution in [0.5, 0.6) is 0 Å². The van der Waals surface area contributed by atoms with Gasteiger partial charge in [0.15, 0.2) is 0 Å². The monoisotopic (exact) mass is 382 g/mol. The number of nitrogens with zero attached hydrogens (tertiary/aromatic N) is 2. The normalized spacial score (nSPS) is 14.6. The molecule has 1 amide bonds. The number of amides is 1. The van der Waals surface area contributed by atoms with Crippen molar-refractivity contribution < 1.29 is 9.90 Å². The first-order chi connectivity index (χ1) is 13.1. The van der Waals surface area contributed by atoms with Crippen LogP contribution in [0.4, 0.5) is 5.69 Å². The molecular formula is C20H19ClN4O2. The number of rotatable bonds is 4. The summed E-state index contributed by atoms with van der Waals surface area (Å²) < 4.78 is 0. The number of hydrogen-bond donors (Lipinski definition) is 3. The van der Waals surface area contributed by atoms with E-state index >= 15 is 0 Å². The molecule has 2 heterocycles. The number of aliphatic hydroxyl groups is 1. The highest BCUT2D eigenvalue weighted by Crippen LogP contribution is 2.33. The van der Waals surface area contributed by atoms with Crippen molar-refractivity contribution in [3.8, 4) is 11.1 Å². The lowest BCUT2D eigenvalue weighted by molar-refractivity contribution is 0.0598. The topological polar surface area (TPSA) is 81.2 Å².